The molecule has 1 aliphatic heterocycles. The van der Waals surface area contributed by atoms with E-state index in [-0.39, 0.29) is 11.7 Å². The van der Waals surface area contributed by atoms with Gasteiger partial charge < -0.3 is 9.84 Å². The second kappa shape index (κ2) is 4.22. The van der Waals surface area contributed by atoms with E-state index in [1.165, 1.54) is 12.1 Å². The van der Waals surface area contributed by atoms with Crippen LogP contribution in [0.4, 0.5) is 13.2 Å². The smallest absolute Gasteiger partial charge is 0.397 e. The van der Waals surface area contributed by atoms with Crippen molar-refractivity contribution < 1.29 is 23.0 Å². The van der Waals surface area contributed by atoms with Crippen LogP contribution in [0, 0.1) is 0 Å². The molecular formula is C12H13F3O2. The van der Waals surface area contributed by atoms with Crippen LogP contribution in [0.5, 0.6) is 5.75 Å². The first-order chi connectivity index (χ1) is 7.91. The lowest BCUT2D eigenvalue weighted by Gasteiger charge is -2.18. The summed E-state index contributed by atoms with van der Waals surface area (Å²) >= 11 is 0. The van der Waals surface area contributed by atoms with E-state index in [2.05, 4.69) is 0 Å². The maximum atomic E-state index is 12.6. The van der Waals surface area contributed by atoms with E-state index in [0.717, 1.165) is 5.56 Å². The van der Waals surface area contributed by atoms with E-state index < -0.39 is 18.7 Å². The van der Waals surface area contributed by atoms with E-state index in [4.69, 9.17) is 9.84 Å². The second-order valence-electron chi connectivity index (χ2n) is 4.28. The van der Waals surface area contributed by atoms with Gasteiger partial charge in [0.25, 0.3) is 0 Å². The number of halogens is 3. The molecule has 1 aliphatic rings. The number of hydrogen-bond donors (Lipinski definition) is 1. The van der Waals surface area contributed by atoms with E-state index >= 15 is 0 Å². The molecule has 1 N–H and O–H groups in total. The normalized spacial score (nSPS) is 20.9. The molecule has 2 nitrogen and oxygen atoms in total. The Balaban J connectivity index is 2.32. The number of aliphatic hydroxyl groups is 1. The Morgan fingerprint density at radius 3 is 2.76 bits per heavy atom. The summed E-state index contributed by atoms with van der Waals surface area (Å²) in [6.07, 6.45) is -3.81. The Bertz CT molecular complexity index is 415. The molecular weight excluding hydrogens is 233 g/mol. The topological polar surface area (TPSA) is 29.5 Å². The molecule has 0 bridgehead atoms. The highest BCUT2D eigenvalue weighted by atomic mass is 19.4. The first-order valence-electron chi connectivity index (χ1n) is 5.39. The lowest BCUT2D eigenvalue weighted by atomic mass is 9.96. The third-order valence-corrected chi connectivity index (χ3v) is 2.90. The van der Waals surface area contributed by atoms with Gasteiger partial charge in [-0.15, -0.1) is 0 Å². The molecule has 1 aromatic carbocycles. The van der Waals surface area contributed by atoms with Crippen LogP contribution in [0.15, 0.2) is 18.2 Å². The van der Waals surface area contributed by atoms with Crippen molar-refractivity contribution in [3.8, 4) is 5.75 Å². The molecule has 0 spiro atoms. The molecule has 2 atom stereocenters. The van der Waals surface area contributed by atoms with Crippen LogP contribution >= 0.6 is 0 Å². The Morgan fingerprint density at radius 2 is 2.18 bits per heavy atom. The average Bonchev–Trinajstić information content (AvgIpc) is 2.56. The van der Waals surface area contributed by atoms with Crippen LogP contribution in [0.25, 0.3) is 0 Å². The fourth-order valence-corrected chi connectivity index (χ4v) is 2.06. The molecule has 0 aromatic heterocycles. The number of ether oxygens (including phenoxy) is 1. The average molecular weight is 246 g/mol. The van der Waals surface area contributed by atoms with E-state index in [9.17, 15) is 13.2 Å². The molecule has 0 amide bonds. The highest BCUT2D eigenvalue weighted by molar-refractivity contribution is 5.42. The highest BCUT2D eigenvalue weighted by Gasteiger charge is 2.40. The predicted molar refractivity (Wildman–Crippen MR) is 56.1 cm³/mol. The van der Waals surface area contributed by atoms with Gasteiger partial charge >= 0.3 is 6.18 Å². The minimum absolute atomic E-state index is 0.00119. The van der Waals surface area contributed by atoms with Gasteiger partial charge in [-0.05, 0) is 24.1 Å². The van der Waals surface area contributed by atoms with Crippen molar-refractivity contribution in [2.75, 3.05) is 6.61 Å². The molecule has 0 saturated heterocycles. The molecule has 5 heteroatoms. The van der Waals surface area contributed by atoms with Crippen LogP contribution in [0.2, 0.25) is 0 Å². The van der Waals surface area contributed by atoms with Crippen LogP contribution in [-0.4, -0.2) is 24.0 Å². The standard InChI is InChI=1S/C12H13F3O2/c1-7-4-9-5-8(2-3-11(9)17-7)10(6-16)12(13,14)15/h2-3,5,7,10,16H,4,6H2,1H3. The summed E-state index contributed by atoms with van der Waals surface area (Å²) in [7, 11) is 0. The summed E-state index contributed by atoms with van der Waals surface area (Å²) in [6, 6.07) is 4.39. The Morgan fingerprint density at radius 1 is 1.47 bits per heavy atom. The number of rotatable bonds is 2. The lowest BCUT2D eigenvalue weighted by molar-refractivity contribution is -0.158. The summed E-state index contributed by atoms with van der Waals surface area (Å²) < 4.78 is 43.3. The van der Waals surface area contributed by atoms with Gasteiger partial charge in [-0.3, -0.25) is 0 Å². The van der Waals surface area contributed by atoms with Gasteiger partial charge in [-0.1, -0.05) is 12.1 Å². The number of hydrogen-bond acceptors (Lipinski definition) is 2. The summed E-state index contributed by atoms with van der Waals surface area (Å²) in [5.41, 5.74) is 0.870. The molecule has 0 saturated carbocycles. The van der Waals surface area contributed by atoms with Gasteiger partial charge in [-0.25, -0.2) is 0 Å². The van der Waals surface area contributed by atoms with Crippen LogP contribution < -0.4 is 4.74 Å². The van der Waals surface area contributed by atoms with Crippen molar-refractivity contribution in [3.05, 3.63) is 29.3 Å². The maximum Gasteiger partial charge on any atom is 0.397 e. The quantitative estimate of drug-likeness (QED) is 0.869. The fourth-order valence-electron chi connectivity index (χ4n) is 2.06. The zero-order valence-electron chi connectivity index (χ0n) is 9.29. The van der Waals surface area contributed by atoms with Crippen molar-refractivity contribution in [1.29, 1.82) is 0 Å². The number of fused-ring (bicyclic) bond motifs is 1. The second-order valence-corrected chi connectivity index (χ2v) is 4.28. The Kier molecular flexibility index (Phi) is 3.03. The molecule has 1 aromatic rings. The Hall–Kier alpha value is -1.23. The Labute approximate surface area is 97.0 Å². The summed E-state index contributed by atoms with van der Waals surface area (Å²) in [6.45, 7) is 0.936. The van der Waals surface area contributed by atoms with Crippen molar-refractivity contribution in [2.45, 2.75) is 31.5 Å². The van der Waals surface area contributed by atoms with E-state index in [1.807, 2.05) is 6.92 Å². The van der Waals surface area contributed by atoms with Gasteiger partial charge in [-0.2, -0.15) is 13.2 Å². The van der Waals surface area contributed by atoms with Crippen LogP contribution in [0.3, 0.4) is 0 Å². The molecule has 0 aliphatic carbocycles. The predicted octanol–water partition coefficient (Wildman–Crippen LogP) is 2.65. The fraction of sp³-hybridized carbons (Fsp3) is 0.500. The monoisotopic (exact) mass is 246 g/mol. The summed E-state index contributed by atoms with van der Waals surface area (Å²) in [5, 5.41) is 8.86. The van der Waals surface area contributed by atoms with Crippen molar-refractivity contribution in [1.82, 2.24) is 0 Å². The third-order valence-electron chi connectivity index (χ3n) is 2.90. The van der Waals surface area contributed by atoms with Gasteiger partial charge in [0, 0.05) is 6.42 Å². The number of aliphatic hydroxyl groups excluding tert-OH is 1. The van der Waals surface area contributed by atoms with Crippen molar-refractivity contribution >= 4 is 0 Å². The van der Waals surface area contributed by atoms with Gasteiger partial charge in [0.15, 0.2) is 0 Å². The van der Waals surface area contributed by atoms with Gasteiger partial charge in [0.1, 0.15) is 17.8 Å². The van der Waals surface area contributed by atoms with Crippen LogP contribution in [-0.2, 0) is 6.42 Å². The minimum Gasteiger partial charge on any atom is -0.490 e. The van der Waals surface area contributed by atoms with Gasteiger partial charge in [0.2, 0.25) is 0 Å². The molecule has 1 heterocycles. The number of benzene rings is 1. The summed E-state index contributed by atoms with van der Waals surface area (Å²) in [5.74, 6) is -1.18. The lowest BCUT2D eigenvalue weighted by Crippen LogP contribution is -2.24. The van der Waals surface area contributed by atoms with Gasteiger partial charge in [0.05, 0.1) is 6.61 Å². The van der Waals surface area contributed by atoms with Crippen LogP contribution in [0.1, 0.15) is 24.0 Å². The molecule has 2 rings (SSSR count). The maximum absolute atomic E-state index is 12.6. The zero-order chi connectivity index (χ0) is 12.6. The first-order valence-corrected chi connectivity index (χ1v) is 5.39. The zero-order valence-corrected chi connectivity index (χ0v) is 9.29. The summed E-state index contributed by atoms with van der Waals surface area (Å²) in [4.78, 5) is 0. The van der Waals surface area contributed by atoms with E-state index in [1.54, 1.807) is 6.07 Å². The van der Waals surface area contributed by atoms with Crippen molar-refractivity contribution in [3.63, 3.8) is 0 Å². The highest BCUT2D eigenvalue weighted by Crippen LogP contribution is 2.37. The number of alkyl halides is 3. The molecule has 2 unspecified atom stereocenters. The molecule has 0 fully saturated rings. The largest absolute Gasteiger partial charge is 0.490 e. The van der Waals surface area contributed by atoms with Crippen molar-refractivity contribution in [2.24, 2.45) is 0 Å². The third kappa shape index (κ3) is 2.39. The van der Waals surface area contributed by atoms with E-state index in [0.29, 0.717) is 12.2 Å². The molecule has 94 valence electrons. The molecule has 17 heavy (non-hydrogen) atoms. The molecule has 0 radical (unpaired) electrons. The minimum atomic E-state index is -4.42. The SMILES string of the molecule is CC1Cc2cc(C(CO)C(F)(F)F)ccc2O1. The first kappa shape index (κ1) is 12.2.